The lowest BCUT2D eigenvalue weighted by molar-refractivity contribution is -0.126. The summed E-state index contributed by atoms with van der Waals surface area (Å²) in [7, 11) is -3.52. The Balaban J connectivity index is 1.36. The molecule has 0 atom stereocenters. The van der Waals surface area contributed by atoms with Crippen LogP contribution >= 0.6 is 0 Å². The number of hydrogen-bond donors (Lipinski definition) is 2. The third kappa shape index (κ3) is 7.15. The molecule has 3 rings (SSSR count). The first-order chi connectivity index (χ1) is 15.4. The minimum Gasteiger partial charge on any atom is -0.379 e. The Kier molecular flexibility index (Phi) is 8.78. The van der Waals surface area contributed by atoms with Gasteiger partial charge >= 0.3 is 0 Å². The molecular weight excluding hydrogens is 430 g/mol. The van der Waals surface area contributed by atoms with Gasteiger partial charge in [-0.25, -0.2) is 8.42 Å². The maximum absolute atomic E-state index is 12.6. The number of carbonyl (C=O) groups is 2. The van der Waals surface area contributed by atoms with Gasteiger partial charge in [0.1, 0.15) is 0 Å². The Hall–Kier alpha value is -2.75. The number of benzene rings is 2. The molecule has 1 aliphatic rings. The van der Waals surface area contributed by atoms with Crippen LogP contribution in [0.15, 0.2) is 59.5 Å². The molecule has 2 amide bonds. The van der Waals surface area contributed by atoms with Crippen molar-refractivity contribution < 1.29 is 22.7 Å². The van der Waals surface area contributed by atoms with E-state index in [0.717, 1.165) is 17.5 Å². The Labute approximate surface area is 189 Å². The van der Waals surface area contributed by atoms with Gasteiger partial charge in [-0.15, -0.1) is 0 Å². The summed E-state index contributed by atoms with van der Waals surface area (Å²) in [6.07, 6.45) is 1.41. The number of hydrogen-bond acceptors (Lipinski definition) is 5. The summed E-state index contributed by atoms with van der Waals surface area (Å²) in [5, 5.41) is 5.40. The highest BCUT2D eigenvalue weighted by atomic mass is 32.2. The van der Waals surface area contributed by atoms with Crippen LogP contribution < -0.4 is 10.6 Å². The van der Waals surface area contributed by atoms with Crippen molar-refractivity contribution in [3.8, 4) is 0 Å². The molecule has 0 saturated carbocycles. The number of ether oxygens (including phenoxy) is 1. The van der Waals surface area contributed by atoms with Crippen molar-refractivity contribution in [2.75, 3.05) is 39.4 Å². The van der Waals surface area contributed by atoms with Crippen molar-refractivity contribution in [2.45, 2.75) is 24.2 Å². The number of aryl methyl sites for hydroxylation is 1. The number of carbonyl (C=O) groups excluding carboxylic acids is 2. The van der Waals surface area contributed by atoms with Gasteiger partial charge in [0.15, 0.2) is 0 Å². The van der Waals surface area contributed by atoms with Gasteiger partial charge in [0.25, 0.3) is 0 Å². The molecule has 2 aromatic rings. The van der Waals surface area contributed by atoms with Gasteiger partial charge in [0.05, 0.1) is 24.7 Å². The summed E-state index contributed by atoms with van der Waals surface area (Å²) in [6, 6.07) is 16.4. The van der Waals surface area contributed by atoms with Crippen LogP contribution in [-0.4, -0.2) is 63.9 Å². The highest BCUT2D eigenvalue weighted by molar-refractivity contribution is 7.89. The lowest BCUT2D eigenvalue weighted by atomic mass is 10.1. The van der Waals surface area contributed by atoms with Crippen molar-refractivity contribution >= 4 is 21.8 Å². The summed E-state index contributed by atoms with van der Waals surface area (Å²) in [5.74, 6) is -0.458. The van der Waals surface area contributed by atoms with Gasteiger partial charge in [0, 0.05) is 26.1 Å². The maximum atomic E-state index is 12.6. The molecule has 1 aliphatic heterocycles. The van der Waals surface area contributed by atoms with E-state index in [4.69, 9.17) is 4.74 Å². The van der Waals surface area contributed by atoms with Crippen LogP contribution in [-0.2, 0) is 37.2 Å². The van der Waals surface area contributed by atoms with E-state index < -0.39 is 10.0 Å². The molecule has 1 saturated heterocycles. The van der Waals surface area contributed by atoms with E-state index in [0.29, 0.717) is 39.3 Å². The topological polar surface area (TPSA) is 105 Å². The van der Waals surface area contributed by atoms with Gasteiger partial charge in [-0.1, -0.05) is 42.5 Å². The summed E-state index contributed by atoms with van der Waals surface area (Å²) in [4.78, 5) is 24.2. The maximum Gasteiger partial charge on any atom is 0.243 e. The molecule has 0 aliphatic carbocycles. The number of amides is 2. The monoisotopic (exact) mass is 459 g/mol. The number of nitrogens with zero attached hydrogens (tertiary/aromatic N) is 1. The zero-order valence-corrected chi connectivity index (χ0v) is 18.8. The molecule has 0 aromatic heterocycles. The number of morpholine rings is 1. The number of rotatable bonds is 10. The quantitative estimate of drug-likeness (QED) is 0.554. The molecule has 1 fully saturated rings. The van der Waals surface area contributed by atoms with Gasteiger partial charge in [0.2, 0.25) is 21.8 Å². The van der Waals surface area contributed by atoms with Crippen LogP contribution in [0.2, 0.25) is 0 Å². The van der Waals surface area contributed by atoms with E-state index in [1.165, 1.54) is 4.31 Å². The third-order valence-corrected chi connectivity index (χ3v) is 7.11. The van der Waals surface area contributed by atoms with Crippen LogP contribution in [0.25, 0.3) is 0 Å². The lowest BCUT2D eigenvalue weighted by Crippen LogP contribution is -2.40. The molecule has 9 heteroatoms. The lowest BCUT2D eigenvalue weighted by Gasteiger charge is -2.26. The molecule has 172 valence electrons. The van der Waals surface area contributed by atoms with Crippen molar-refractivity contribution in [3.63, 3.8) is 0 Å². The number of nitrogens with one attached hydrogen (secondary N) is 2. The minimum atomic E-state index is -3.52. The molecule has 2 N–H and O–H groups in total. The van der Waals surface area contributed by atoms with E-state index in [9.17, 15) is 18.0 Å². The second kappa shape index (κ2) is 11.8. The zero-order valence-electron chi connectivity index (χ0n) is 18.0. The minimum absolute atomic E-state index is 0.0651. The Morgan fingerprint density at radius 3 is 2.19 bits per heavy atom. The van der Waals surface area contributed by atoms with Crippen molar-refractivity contribution in [1.29, 1.82) is 0 Å². The summed E-state index contributed by atoms with van der Waals surface area (Å²) < 4.78 is 31.9. The molecule has 0 spiro atoms. The molecule has 0 bridgehead atoms. The Bertz CT molecular complexity index is 988. The normalized spacial score (nSPS) is 14.6. The highest BCUT2D eigenvalue weighted by Gasteiger charge is 2.26. The van der Waals surface area contributed by atoms with Crippen molar-refractivity contribution in [1.82, 2.24) is 14.9 Å². The van der Waals surface area contributed by atoms with E-state index >= 15 is 0 Å². The highest BCUT2D eigenvalue weighted by Crippen LogP contribution is 2.18. The largest absolute Gasteiger partial charge is 0.379 e. The second-order valence-corrected chi connectivity index (χ2v) is 9.46. The molecule has 2 aromatic carbocycles. The molecular formula is C23H29N3O5S. The smallest absolute Gasteiger partial charge is 0.243 e. The van der Waals surface area contributed by atoms with Gasteiger partial charge < -0.3 is 15.4 Å². The fraction of sp³-hybridized carbons (Fsp3) is 0.391. The Morgan fingerprint density at radius 1 is 0.844 bits per heavy atom. The molecule has 0 unspecified atom stereocenters. The molecule has 1 heterocycles. The van der Waals surface area contributed by atoms with E-state index in [1.54, 1.807) is 24.3 Å². The van der Waals surface area contributed by atoms with Gasteiger partial charge in [-0.2, -0.15) is 4.31 Å². The predicted octanol–water partition coefficient (Wildman–Crippen LogP) is 1.12. The van der Waals surface area contributed by atoms with Crippen LogP contribution in [0.4, 0.5) is 0 Å². The molecule has 8 nitrogen and oxygen atoms in total. The van der Waals surface area contributed by atoms with Gasteiger partial charge in [-0.3, -0.25) is 9.59 Å². The first kappa shape index (κ1) is 23.9. The number of sulfonamides is 1. The van der Waals surface area contributed by atoms with Crippen LogP contribution in [0.5, 0.6) is 0 Å². The van der Waals surface area contributed by atoms with Crippen molar-refractivity contribution in [3.05, 3.63) is 65.7 Å². The fourth-order valence-corrected chi connectivity index (χ4v) is 4.75. The standard InChI is InChI=1S/C23H29N3O5S/c27-22(25-18-23(28)24-13-12-19-4-2-1-3-5-19)11-8-20-6-9-21(10-7-20)32(29,30)26-14-16-31-17-15-26/h1-7,9-10H,8,11-18H2,(H,24,28)(H,25,27). The van der Waals surface area contributed by atoms with E-state index in [2.05, 4.69) is 10.6 Å². The van der Waals surface area contributed by atoms with Crippen LogP contribution in [0.3, 0.4) is 0 Å². The summed E-state index contributed by atoms with van der Waals surface area (Å²) in [6.45, 7) is 1.95. The second-order valence-electron chi connectivity index (χ2n) is 7.52. The third-order valence-electron chi connectivity index (χ3n) is 5.20. The Morgan fingerprint density at radius 2 is 1.50 bits per heavy atom. The zero-order chi connectivity index (χ0) is 22.8. The first-order valence-electron chi connectivity index (χ1n) is 10.7. The summed E-state index contributed by atoms with van der Waals surface area (Å²) in [5.41, 5.74) is 1.99. The van der Waals surface area contributed by atoms with Crippen molar-refractivity contribution in [2.24, 2.45) is 0 Å². The average molecular weight is 460 g/mol. The van der Waals surface area contributed by atoms with E-state index in [1.807, 2.05) is 30.3 Å². The fourth-order valence-electron chi connectivity index (χ4n) is 3.34. The summed E-state index contributed by atoms with van der Waals surface area (Å²) >= 11 is 0. The van der Waals surface area contributed by atoms with E-state index in [-0.39, 0.29) is 29.7 Å². The molecule has 0 radical (unpaired) electrons. The SMILES string of the molecule is O=C(CCc1ccc(S(=O)(=O)N2CCOCC2)cc1)NCC(=O)NCCc1ccccc1. The van der Waals surface area contributed by atoms with Gasteiger partial charge in [-0.05, 0) is 36.1 Å². The van der Waals surface area contributed by atoms with Crippen LogP contribution in [0, 0.1) is 0 Å². The first-order valence-corrected chi connectivity index (χ1v) is 12.1. The predicted molar refractivity (Wildman–Crippen MR) is 121 cm³/mol. The molecule has 32 heavy (non-hydrogen) atoms. The average Bonchev–Trinajstić information content (AvgIpc) is 2.83. The van der Waals surface area contributed by atoms with Crippen LogP contribution in [0.1, 0.15) is 17.5 Å².